The Hall–Kier alpha value is -1.33. The number of nitrogens with zero attached hydrogens (tertiary/aromatic N) is 2. The van der Waals surface area contributed by atoms with E-state index in [1.54, 1.807) is 12.5 Å². The molecule has 2 aromatic rings. The second-order valence-corrected chi connectivity index (χ2v) is 5.17. The van der Waals surface area contributed by atoms with Crippen molar-refractivity contribution in [1.29, 1.82) is 0 Å². The third-order valence-corrected chi connectivity index (χ3v) is 3.25. The van der Waals surface area contributed by atoms with Crippen molar-refractivity contribution in [3.8, 4) is 5.75 Å². The molecule has 1 unspecified atom stereocenters. The van der Waals surface area contributed by atoms with Gasteiger partial charge in [0.15, 0.2) is 0 Å². The molecule has 1 heterocycles. The molecule has 0 spiro atoms. The normalized spacial score (nSPS) is 12.4. The summed E-state index contributed by atoms with van der Waals surface area (Å²) in [4.78, 5) is 4.06. The number of benzene rings is 1. The van der Waals surface area contributed by atoms with Crippen LogP contribution in [0, 0.1) is 0 Å². The van der Waals surface area contributed by atoms with Crippen molar-refractivity contribution in [2.75, 3.05) is 0 Å². The van der Waals surface area contributed by atoms with Crippen molar-refractivity contribution in [2.24, 2.45) is 12.8 Å². The summed E-state index contributed by atoms with van der Waals surface area (Å²) in [6.45, 7) is 2.42. The molecular formula is C13H16BrN3O. The Morgan fingerprint density at radius 2 is 2.28 bits per heavy atom. The van der Waals surface area contributed by atoms with E-state index in [0.29, 0.717) is 6.61 Å². The highest BCUT2D eigenvalue weighted by Gasteiger charge is 2.09. The molecule has 5 heteroatoms. The first-order valence-electron chi connectivity index (χ1n) is 5.71. The Labute approximate surface area is 115 Å². The first-order chi connectivity index (χ1) is 8.58. The predicted molar refractivity (Wildman–Crippen MR) is 74.3 cm³/mol. The van der Waals surface area contributed by atoms with E-state index in [1.165, 1.54) is 0 Å². The van der Waals surface area contributed by atoms with Gasteiger partial charge in [0, 0.05) is 23.1 Å². The maximum atomic E-state index is 5.93. The van der Waals surface area contributed by atoms with Crippen LogP contribution in [0.5, 0.6) is 5.75 Å². The molecule has 0 aliphatic heterocycles. The van der Waals surface area contributed by atoms with E-state index in [1.807, 2.05) is 36.7 Å². The Morgan fingerprint density at radius 1 is 1.50 bits per heavy atom. The minimum atomic E-state index is -0.0559. The van der Waals surface area contributed by atoms with Crippen LogP contribution in [0.15, 0.2) is 35.2 Å². The van der Waals surface area contributed by atoms with E-state index in [2.05, 4.69) is 20.9 Å². The lowest BCUT2D eigenvalue weighted by molar-refractivity contribution is 0.292. The number of aromatic nitrogens is 2. The van der Waals surface area contributed by atoms with Gasteiger partial charge in [-0.2, -0.15) is 0 Å². The van der Waals surface area contributed by atoms with Crippen LogP contribution in [0.1, 0.15) is 24.2 Å². The van der Waals surface area contributed by atoms with E-state index < -0.39 is 0 Å². The molecule has 2 N–H and O–H groups in total. The Bertz CT molecular complexity index is 537. The summed E-state index contributed by atoms with van der Waals surface area (Å²) in [6.07, 6.45) is 3.55. The minimum Gasteiger partial charge on any atom is -0.487 e. The van der Waals surface area contributed by atoms with Gasteiger partial charge in [0.1, 0.15) is 12.4 Å². The van der Waals surface area contributed by atoms with Crippen molar-refractivity contribution in [3.05, 3.63) is 46.5 Å². The molecule has 0 radical (unpaired) electrons. The Kier molecular flexibility index (Phi) is 4.04. The van der Waals surface area contributed by atoms with Crippen molar-refractivity contribution < 1.29 is 4.74 Å². The molecule has 1 aromatic carbocycles. The van der Waals surface area contributed by atoms with E-state index in [-0.39, 0.29) is 6.04 Å². The molecule has 4 nitrogen and oxygen atoms in total. The molecule has 0 saturated carbocycles. The van der Waals surface area contributed by atoms with Gasteiger partial charge in [-0.3, -0.25) is 0 Å². The monoisotopic (exact) mass is 309 g/mol. The molecule has 1 aromatic heterocycles. The number of hydrogen-bond acceptors (Lipinski definition) is 3. The predicted octanol–water partition coefficient (Wildman–Crippen LogP) is 2.78. The zero-order chi connectivity index (χ0) is 13.1. The molecule has 1 atom stereocenters. The van der Waals surface area contributed by atoms with E-state index in [9.17, 15) is 0 Å². The van der Waals surface area contributed by atoms with Crippen LogP contribution in [-0.4, -0.2) is 9.55 Å². The summed E-state index contributed by atoms with van der Waals surface area (Å²) in [5, 5.41) is 0. The van der Waals surface area contributed by atoms with Crippen LogP contribution in [0.25, 0.3) is 0 Å². The van der Waals surface area contributed by atoms with Gasteiger partial charge in [0.25, 0.3) is 0 Å². The highest BCUT2D eigenvalue weighted by atomic mass is 79.9. The van der Waals surface area contributed by atoms with Gasteiger partial charge in [-0.1, -0.05) is 22.0 Å². The van der Waals surface area contributed by atoms with Crippen LogP contribution >= 0.6 is 15.9 Å². The van der Waals surface area contributed by atoms with Crippen molar-refractivity contribution >= 4 is 15.9 Å². The van der Waals surface area contributed by atoms with E-state index in [4.69, 9.17) is 10.5 Å². The average molecular weight is 310 g/mol. The van der Waals surface area contributed by atoms with Crippen molar-refractivity contribution in [1.82, 2.24) is 9.55 Å². The van der Waals surface area contributed by atoms with Gasteiger partial charge in [-0.25, -0.2) is 4.98 Å². The number of imidazole rings is 1. The molecular weight excluding hydrogens is 294 g/mol. The number of halogens is 1. The third kappa shape index (κ3) is 2.91. The second kappa shape index (κ2) is 5.54. The van der Waals surface area contributed by atoms with Crippen LogP contribution in [0.4, 0.5) is 0 Å². The minimum absolute atomic E-state index is 0.0559. The van der Waals surface area contributed by atoms with Gasteiger partial charge >= 0.3 is 0 Å². The zero-order valence-electron chi connectivity index (χ0n) is 10.4. The van der Waals surface area contributed by atoms with Crippen LogP contribution in [0.2, 0.25) is 0 Å². The SMILES string of the molecule is CC(N)c1ccc(Br)cc1OCc1cncn1C. The molecule has 0 fully saturated rings. The lowest BCUT2D eigenvalue weighted by atomic mass is 10.1. The Morgan fingerprint density at radius 3 is 2.89 bits per heavy atom. The molecule has 0 saturated heterocycles. The zero-order valence-corrected chi connectivity index (χ0v) is 12.0. The molecule has 0 aliphatic rings. The second-order valence-electron chi connectivity index (χ2n) is 4.26. The lowest BCUT2D eigenvalue weighted by Crippen LogP contribution is -2.09. The number of rotatable bonds is 4. The smallest absolute Gasteiger partial charge is 0.130 e. The number of ether oxygens (including phenoxy) is 1. The quantitative estimate of drug-likeness (QED) is 0.945. The van der Waals surface area contributed by atoms with Crippen molar-refractivity contribution in [3.63, 3.8) is 0 Å². The molecule has 0 amide bonds. The molecule has 96 valence electrons. The van der Waals surface area contributed by atoms with Gasteiger partial charge in [-0.15, -0.1) is 0 Å². The van der Waals surface area contributed by atoms with E-state index >= 15 is 0 Å². The standard InChI is InChI=1S/C13H16BrN3O/c1-9(15)12-4-3-10(14)5-13(12)18-7-11-6-16-8-17(11)2/h3-6,8-9H,7,15H2,1-2H3. The summed E-state index contributed by atoms with van der Waals surface area (Å²) >= 11 is 3.44. The largest absolute Gasteiger partial charge is 0.487 e. The van der Waals surface area contributed by atoms with Gasteiger partial charge < -0.3 is 15.0 Å². The topological polar surface area (TPSA) is 53.1 Å². The number of nitrogens with two attached hydrogens (primary N) is 1. The first kappa shape index (κ1) is 13.1. The fourth-order valence-electron chi connectivity index (χ4n) is 1.68. The van der Waals surface area contributed by atoms with Gasteiger partial charge in [0.2, 0.25) is 0 Å². The summed E-state index contributed by atoms with van der Waals surface area (Å²) in [6, 6.07) is 5.83. The summed E-state index contributed by atoms with van der Waals surface area (Å²) in [5.41, 5.74) is 7.95. The van der Waals surface area contributed by atoms with E-state index in [0.717, 1.165) is 21.5 Å². The van der Waals surface area contributed by atoms with Gasteiger partial charge in [0.05, 0.1) is 18.2 Å². The highest BCUT2D eigenvalue weighted by Crippen LogP contribution is 2.28. The maximum absolute atomic E-state index is 5.93. The van der Waals surface area contributed by atoms with Crippen LogP contribution in [0.3, 0.4) is 0 Å². The molecule has 0 bridgehead atoms. The number of aryl methyl sites for hydroxylation is 1. The molecule has 2 rings (SSSR count). The average Bonchev–Trinajstić information content (AvgIpc) is 2.72. The maximum Gasteiger partial charge on any atom is 0.130 e. The first-order valence-corrected chi connectivity index (χ1v) is 6.50. The molecule has 18 heavy (non-hydrogen) atoms. The van der Waals surface area contributed by atoms with Crippen molar-refractivity contribution in [2.45, 2.75) is 19.6 Å². The van der Waals surface area contributed by atoms with Gasteiger partial charge in [-0.05, 0) is 19.1 Å². The Balaban J connectivity index is 2.18. The summed E-state index contributed by atoms with van der Waals surface area (Å²) < 4.78 is 8.75. The van der Waals surface area contributed by atoms with Crippen LogP contribution in [-0.2, 0) is 13.7 Å². The fraction of sp³-hybridized carbons (Fsp3) is 0.308. The molecule has 0 aliphatic carbocycles. The summed E-state index contributed by atoms with van der Waals surface area (Å²) in [5.74, 6) is 0.806. The third-order valence-electron chi connectivity index (χ3n) is 2.76. The van der Waals surface area contributed by atoms with Crippen LogP contribution < -0.4 is 10.5 Å². The number of hydrogen-bond donors (Lipinski definition) is 1. The lowest BCUT2D eigenvalue weighted by Gasteiger charge is -2.14. The highest BCUT2D eigenvalue weighted by molar-refractivity contribution is 9.10. The summed E-state index contributed by atoms with van der Waals surface area (Å²) in [7, 11) is 1.94. The fourth-order valence-corrected chi connectivity index (χ4v) is 2.02.